The van der Waals surface area contributed by atoms with Crippen molar-refractivity contribution in [1.29, 1.82) is 0 Å². The first-order chi connectivity index (χ1) is 8.25. The molecule has 0 heterocycles. The Bertz CT molecular complexity index is 483. The molecule has 0 saturated heterocycles. The van der Waals surface area contributed by atoms with Crippen LogP contribution in [0.15, 0.2) is 66.5 Å². The fourth-order valence-electron chi connectivity index (χ4n) is 1.66. The van der Waals surface area contributed by atoms with E-state index >= 15 is 0 Å². The topological polar surface area (TPSA) is 17.1 Å². The Morgan fingerprint density at radius 1 is 1.29 bits per heavy atom. The van der Waals surface area contributed by atoms with Gasteiger partial charge in [-0.25, -0.2) is 4.39 Å². The highest BCUT2D eigenvalue weighted by Gasteiger charge is 2.06. The minimum absolute atomic E-state index is 0.0194. The van der Waals surface area contributed by atoms with Crippen LogP contribution >= 0.6 is 0 Å². The number of rotatable bonds is 3. The Morgan fingerprint density at radius 2 is 2.06 bits per heavy atom. The van der Waals surface area contributed by atoms with Gasteiger partial charge in [-0.2, -0.15) is 0 Å². The number of carbonyl (C=O) groups excluding carboxylic acids is 1. The third kappa shape index (κ3) is 3.25. The minimum atomic E-state index is -0.205. The van der Waals surface area contributed by atoms with Crippen LogP contribution in [0, 0.1) is 5.92 Å². The fraction of sp³-hybridized carbons (Fsp3) is 0.133. The van der Waals surface area contributed by atoms with Crippen LogP contribution in [-0.4, -0.2) is 5.78 Å². The summed E-state index contributed by atoms with van der Waals surface area (Å²) in [6.07, 6.45) is 8.72. The molecule has 0 aromatic heterocycles. The van der Waals surface area contributed by atoms with Crippen molar-refractivity contribution in [3.63, 3.8) is 0 Å². The molecule has 1 aliphatic rings. The molecule has 1 aromatic carbocycles. The van der Waals surface area contributed by atoms with Gasteiger partial charge < -0.3 is 0 Å². The molecular weight excluding hydrogens is 215 g/mol. The number of hydrogen-bond acceptors (Lipinski definition) is 1. The van der Waals surface area contributed by atoms with Gasteiger partial charge >= 0.3 is 0 Å². The third-order valence-electron chi connectivity index (χ3n) is 2.64. The molecule has 1 unspecified atom stereocenters. The first-order valence-electron chi connectivity index (χ1n) is 5.57. The summed E-state index contributed by atoms with van der Waals surface area (Å²) in [5.41, 5.74) is 0.672. The van der Waals surface area contributed by atoms with Gasteiger partial charge in [0.25, 0.3) is 0 Å². The van der Waals surface area contributed by atoms with Crippen molar-refractivity contribution >= 4 is 5.78 Å². The van der Waals surface area contributed by atoms with E-state index in [0.717, 1.165) is 0 Å². The highest BCUT2D eigenvalue weighted by Crippen LogP contribution is 2.18. The smallest absolute Gasteiger partial charge is 0.185 e. The van der Waals surface area contributed by atoms with E-state index in [2.05, 4.69) is 0 Å². The predicted octanol–water partition coefficient (Wildman–Crippen LogP) is 3.86. The molecule has 0 N–H and O–H groups in total. The fourth-order valence-corrected chi connectivity index (χ4v) is 1.66. The Kier molecular flexibility index (Phi) is 3.66. The number of halogens is 1. The zero-order chi connectivity index (χ0) is 12.1. The standard InChI is InChI=1S/C15H13FO/c16-14-9-6-12(7-10-14)8-11-15(17)13-4-2-1-3-5-13/h1-6,8-12H,7H2. The molecule has 2 rings (SSSR count). The number of carbonyl (C=O) groups is 1. The minimum Gasteiger partial charge on any atom is -0.289 e. The van der Waals surface area contributed by atoms with Gasteiger partial charge in [-0.3, -0.25) is 4.79 Å². The SMILES string of the molecule is O=C(C=CC1C=CC(F)=CC1)c1ccccc1. The largest absolute Gasteiger partial charge is 0.289 e. The first-order valence-corrected chi connectivity index (χ1v) is 5.57. The summed E-state index contributed by atoms with van der Waals surface area (Å²) in [5.74, 6) is -0.111. The van der Waals surface area contributed by atoms with Gasteiger partial charge in [-0.1, -0.05) is 42.5 Å². The number of allylic oxidation sites excluding steroid dienone is 6. The van der Waals surface area contributed by atoms with Gasteiger partial charge in [0.05, 0.1) is 0 Å². The summed E-state index contributed by atoms with van der Waals surface area (Å²) in [4.78, 5) is 11.8. The summed E-state index contributed by atoms with van der Waals surface area (Å²) in [6.45, 7) is 0. The maximum Gasteiger partial charge on any atom is 0.185 e. The van der Waals surface area contributed by atoms with Crippen LogP contribution in [0.5, 0.6) is 0 Å². The highest BCUT2D eigenvalue weighted by atomic mass is 19.1. The highest BCUT2D eigenvalue weighted by molar-refractivity contribution is 6.04. The zero-order valence-corrected chi connectivity index (χ0v) is 9.34. The van der Waals surface area contributed by atoms with Crippen LogP contribution in [0.1, 0.15) is 16.8 Å². The molecule has 0 radical (unpaired) electrons. The van der Waals surface area contributed by atoms with E-state index in [1.807, 2.05) is 24.3 Å². The van der Waals surface area contributed by atoms with E-state index in [4.69, 9.17) is 0 Å². The maximum atomic E-state index is 12.7. The first kappa shape index (κ1) is 11.5. The van der Waals surface area contributed by atoms with Crippen molar-refractivity contribution < 1.29 is 9.18 Å². The van der Waals surface area contributed by atoms with Crippen molar-refractivity contribution in [1.82, 2.24) is 0 Å². The molecule has 0 amide bonds. The van der Waals surface area contributed by atoms with E-state index in [9.17, 15) is 9.18 Å². The molecule has 1 aromatic rings. The van der Waals surface area contributed by atoms with Crippen molar-refractivity contribution in [3.05, 3.63) is 72.1 Å². The quantitative estimate of drug-likeness (QED) is 0.567. The van der Waals surface area contributed by atoms with Gasteiger partial charge in [0, 0.05) is 5.56 Å². The van der Waals surface area contributed by atoms with E-state index in [1.54, 1.807) is 24.3 Å². The lowest BCUT2D eigenvalue weighted by atomic mass is 9.99. The van der Waals surface area contributed by atoms with Crippen LogP contribution in [0.2, 0.25) is 0 Å². The Labute approximate surface area is 100.0 Å². The molecule has 1 atom stereocenters. The van der Waals surface area contributed by atoms with E-state index in [-0.39, 0.29) is 17.5 Å². The summed E-state index contributed by atoms with van der Waals surface area (Å²) in [7, 11) is 0. The molecule has 2 heteroatoms. The Balaban J connectivity index is 1.98. The van der Waals surface area contributed by atoms with E-state index in [0.29, 0.717) is 12.0 Å². The van der Waals surface area contributed by atoms with E-state index < -0.39 is 0 Å². The van der Waals surface area contributed by atoms with Crippen molar-refractivity contribution in [3.8, 4) is 0 Å². The number of hydrogen-bond donors (Lipinski definition) is 0. The zero-order valence-electron chi connectivity index (χ0n) is 9.34. The van der Waals surface area contributed by atoms with E-state index in [1.165, 1.54) is 12.2 Å². The van der Waals surface area contributed by atoms with Crippen molar-refractivity contribution in [2.75, 3.05) is 0 Å². The molecule has 86 valence electrons. The molecule has 0 saturated carbocycles. The molecule has 0 aliphatic heterocycles. The molecule has 0 fully saturated rings. The van der Waals surface area contributed by atoms with Crippen LogP contribution < -0.4 is 0 Å². The second-order valence-corrected chi connectivity index (χ2v) is 3.94. The second-order valence-electron chi connectivity index (χ2n) is 3.94. The van der Waals surface area contributed by atoms with Crippen LogP contribution in [0.25, 0.3) is 0 Å². The second kappa shape index (κ2) is 5.39. The van der Waals surface area contributed by atoms with Gasteiger partial charge in [0.15, 0.2) is 5.78 Å². The van der Waals surface area contributed by atoms with Gasteiger partial charge in [-0.05, 0) is 30.6 Å². The molecular formula is C15H13FO. The third-order valence-corrected chi connectivity index (χ3v) is 2.64. The van der Waals surface area contributed by atoms with Gasteiger partial charge in [0.1, 0.15) is 5.83 Å². The summed E-state index contributed by atoms with van der Waals surface area (Å²) < 4.78 is 12.7. The molecule has 0 bridgehead atoms. The molecule has 0 spiro atoms. The van der Waals surface area contributed by atoms with Gasteiger partial charge in [0.2, 0.25) is 0 Å². The number of benzene rings is 1. The van der Waals surface area contributed by atoms with Crippen molar-refractivity contribution in [2.24, 2.45) is 5.92 Å². The summed E-state index contributed by atoms with van der Waals surface area (Å²) >= 11 is 0. The normalized spacial score (nSPS) is 19.4. The average molecular weight is 228 g/mol. The van der Waals surface area contributed by atoms with Gasteiger partial charge in [-0.15, -0.1) is 0 Å². The lowest BCUT2D eigenvalue weighted by Crippen LogP contribution is -1.98. The van der Waals surface area contributed by atoms with Crippen molar-refractivity contribution in [2.45, 2.75) is 6.42 Å². The Morgan fingerprint density at radius 3 is 2.71 bits per heavy atom. The van der Waals surface area contributed by atoms with Crippen LogP contribution in [0.3, 0.4) is 0 Å². The lowest BCUT2D eigenvalue weighted by molar-refractivity contribution is 0.104. The Hall–Kier alpha value is -1.96. The molecule has 17 heavy (non-hydrogen) atoms. The molecule has 1 nitrogen and oxygen atoms in total. The maximum absolute atomic E-state index is 12.7. The summed E-state index contributed by atoms with van der Waals surface area (Å²) in [5, 5.41) is 0. The monoisotopic (exact) mass is 228 g/mol. The number of ketones is 1. The van der Waals surface area contributed by atoms with Crippen LogP contribution in [-0.2, 0) is 0 Å². The predicted molar refractivity (Wildman–Crippen MR) is 66.4 cm³/mol. The molecule has 1 aliphatic carbocycles. The lowest BCUT2D eigenvalue weighted by Gasteiger charge is -2.07. The van der Waals surface area contributed by atoms with Crippen LogP contribution in [0.4, 0.5) is 4.39 Å². The summed E-state index contributed by atoms with van der Waals surface area (Å²) in [6, 6.07) is 9.10. The average Bonchev–Trinajstić information content (AvgIpc) is 2.39.